The maximum absolute atomic E-state index is 12.5. The monoisotopic (exact) mass is 366 g/mol. The molecule has 6 heteroatoms. The van der Waals surface area contributed by atoms with Crippen LogP contribution in [0.2, 0.25) is 0 Å². The van der Waals surface area contributed by atoms with Gasteiger partial charge in [0.05, 0.1) is 0 Å². The van der Waals surface area contributed by atoms with Gasteiger partial charge >= 0.3 is 0 Å². The van der Waals surface area contributed by atoms with Gasteiger partial charge < -0.3 is 19.7 Å². The molecule has 1 N–H and O–H groups in total. The Morgan fingerprint density at radius 3 is 2.59 bits per heavy atom. The Balaban J connectivity index is 1.42. The first-order valence-electron chi connectivity index (χ1n) is 9.23. The standard InChI is InChI=1S/C21H22N2O4/c24-20-6-3-9-23(20)14-17-5-2-1-4-16(17)13-22-21(25)15-7-8-18-19(12-15)27-11-10-26-18/h1-2,4-5,7-8,12H,3,6,9-11,13-14H2,(H,22,25). The van der Waals surface area contributed by atoms with Crippen LogP contribution in [0.5, 0.6) is 11.5 Å². The Morgan fingerprint density at radius 1 is 1.04 bits per heavy atom. The predicted molar refractivity (Wildman–Crippen MR) is 99.7 cm³/mol. The minimum atomic E-state index is -0.168. The zero-order valence-corrected chi connectivity index (χ0v) is 15.1. The maximum Gasteiger partial charge on any atom is 0.251 e. The highest BCUT2D eigenvalue weighted by molar-refractivity contribution is 5.94. The maximum atomic E-state index is 12.5. The van der Waals surface area contributed by atoms with Gasteiger partial charge in [-0.2, -0.15) is 0 Å². The predicted octanol–water partition coefficient (Wildman–Crippen LogP) is 2.51. The molecule has 140 valence electrons. The molecule has 4 rings (SSSR count). The highest BCUT2D eigenvalue weighted by Crippen LogP contribution is 2.30. The number of fused-ring (bicyclic) bond motifs is 1. The number of likely N-dealkylation sites (tertiary alicyclic amines) is 1. The van der Waals surface area contributed by atoms with Gasteiger partial charge in [0.25, 0.3) is 5.91 Å². The van der Waals surface area contributed by atoms with Gasteiger partial charge in [-0.05, 0) is 35.7 Å². The summed E-state index contributed by atoms with van der Waals surface area (Å²) in [5.74, 6) is 1.30. The molecule has 2 aliphatic rings. The second kappa shape index (κ2) is 7.70. The number of hydrogen-bond donors (Lipinski definition) is 1. The molecule has 2 heterocycles. The molecule has 0 spiro atoms. The Morgan fingerprint density at radius 2 is 1.81 bits per heavy atom. The number of carbonyl (C=O) groups is 2. The van der Waals surface area contributed by atoms with Gasteiger partial charge in [-0.3, -0.25) is 9.59 Å². The lowest BCUT2D eigenvalue weighted by Crippen LogP contribution is -2.27. The second-order valence-corrected chi connectivity index (χ2v) is 6.73. The largest absolute Gasteiger partial charge is 0.486 e. The van der Waals surface area contributed by atoms with Crippen LogP contribution < -0.4 is 14.8 Å². The van der Waals surface area contributed by atoms with Crippen molar-refractivity contribution in [3.05, 3.63) is 59.2 Å². The SMILES string of the molecule is O=C(NCc1ccccc1CN1CCCC1=O)c1ccc2c(c1)OCCO2. The zero-order chi connectivity index (χ0) is 18.6. The second-order valence-electron chi connectivity index (χ2n) is 6.73. The normalized spacial score (nSPS) is 15.7. The lowest BCUT2D eigenvalue weighted by molar-refractivity contribution is -0.128. The van der Waals surface area contributed by atoms with Crippen molar-refractivity contribution in [2.24, 2.45) is 0 Å². The van der Waals surface area contributed by atoms with E-state index >= 15 is 0 Å². The summed E-state index contributed by atoms with van der Waals surface area (Å²) < 4.78 is 11.0. The number of ether oxygens (including phenoxy) is 2. The van der Waals surface area contributed by atoms with Gasteiger partial charge in [-0.25, -0.2) is 0 Å². The third-order valence-electron chi connectivity index (χ3n) is 4.89. The van der Waals surface area contributed by atoms with Crippen molar-refractivity contribution in [1.82, 2.24) is 10.2 Å². The minimum Gasteiger partial charge on any atom is -0.486 e. The summed E-state index contributed by atoms with van der Waals surface area (Å²) in [6.07, 6.45) is 1.55. The van der Waals surface area contributed by atoms with Crippen LogP contribution in [-0.2, 0) is 17.9 Å². The number of amides is 2. The zero-order valence-electron chi connectivity index (χ0n) is 15.1. The molecule has 0 bridgehead atoms. The van der Waals surface area contributed by atoms with E-state index in [1.54, 1.807) is 18.2 Å². The van der Waals surface area contributed by atoms with Crippen LogP contribution in [0.15, 0.2) is 42.5 Å². The average molecular weight is 366 g/mol. The number of rotatable bonds is 5. The van der Waals surface area contributed by atoms with E-state index in [1.165, 1.54) is 0 Å². The molecule has 2 amide bonds. The summed E-state index contributed by atoms with van der Waals surface area (Å²) in [7, 11) is 0. The van der Waals surface area contributed by atoms with Crippen molar-refractivity contribution in [2.75, 3.05) is 19.8 Å². The van der Waals surface area contributed by atoms with E-state index in [-0.39, 0.29) is 11.8 Å². The molecule has 2 aliphatic heterocycles. The van der Waals surface area contributed by atoms with E-state index in [1.807, 2.05) is 29.2 Å². The quantitative estimate of drug-likeness (QED) is 0.883. The summed E-state index contributed by atoms with van der Waals surface area (Å²) in [4.78, 5) is 26.3. The van der Waals surface area contributed by atoms with E-state index < -0.39 is 0 Å². The van der Waals surface area contributed by atoms with Crippen LogP contribution in [0.3, 0.4) is 0 Å². The van der Waals surface area contributed by atoms with Crippen LogP contribution in [-0.4, -0.2) is 36.5 Å². The third kappa shape index (κ3) is 3.89. The van der Waals surface area contributed by atoms with Gasteiger partial charge in [-0.15, -0.1) is 0 Å². The molecule has 2 aromatic carbocycles. The number of nitrogens with one attached hydrogen (secondary N) is 1. The van der Waals surface area contributed by atoms with Crippen molar-refractivity contribution in [3.8, 4) is 11.5 Å². The summed E-state index contributed by atoms with van der Waals surface area (Å²) in [6.45, 7) is 2.81. The molecule has 6 nitrogen and oxygen atoms in total. The molecule has 0 aromatic heterocycles. The summed E-state index contributed by atoms with van der Waals surface area (Å²) >= 11 is 0. The number of carbonyl (C=O) groups excluding carboxylic acids is 2. The van der Waals surface area contributed by atoms with E-state index in [0.29, 0.717) is 49.8 Å². The van der Waals surface area contributed by atoms with E-state index in [9.17, 15) is 9.59 Å². The van der Waals surface area contributed by atoms with Crippen molar-refractivity contribution < 1.29 is 19.1 Å². The van der Waals surface area contributed by atoms with Crippen LogP contribution in [0.25, 0.3) is 0 Å². The fourth-order valence-corrected chi connectivity index (χ4v) is 3.42. The summed E-state index contributed by atoms with van der Waals surface area (Å²) in [6, 6.07) is 13.1. The van der Waals surface area contributed by atoms with Gasteiger partial charge in [0, 0.05) is 31.6 Å². The Kier molecular flexibility index (Phi) is 4.96. The Labute approximate surface area is 158 Å². The fourth-order valence-electron chi connectivity index (χ4n) is 3.42. The van der Waals surface area contributed by atoms with Crippen LogP contribution in [0.4, 0.5) is 0 Å². The molecule has 0 radical (unpaired) electrons. The van der Waals surface area contributed by atoms with Crippen LogP contribution in [0.1, 0.15) is 34.3 Å². The summed E-state index contributed by atoms with van der Waals surface area (Å²) in [5.41, 5.74) is 2.62. The molecule has 0 atom stereocenters. The molecule has 27 heavy (non-hydrogen) atoms. The number of benzene rings is 2. The van der Waals surface area contributed by atoms with Gasteiger partial charge in [0.2, 0.25) is 5.91 Å². The van der Waals surface area contributed by atoms with Gasteiger partial charge in [-0.1, -0.05) is 24.3 Å². The molecule has 0 unspecified atom stereocenters. The van der Waals surface area contributed by atoms with Crippen LogP contribution in [0, 0.1) is 0 Å². The lowest BCUT2D eigenvalue weighted by Gasteiger charge is -2.19. The highest BCUT2D eigenvalue weighted by atomic mass is 16.6. The molecular formula is C21H22N2O4. The Hall–Kier alpha value is -3.02. The lowest BCUT2D eigenvalue weighted by atomic mass is 10.1. The molecule has 0 aliphatic carbocycles. The third-order valence-corrected chi connectivity index (χ3v) is 4.89. The number of hydrogen-bond acceptors (Lipinski definition) is 4. The van der Waals surface area contributed by atoms with Crippen molar-refractivity contribution >= 4 is 11.8 Å². The van der Waals surface area contributed by atoms with Gasteiger partial charge in [0.15, 0.2) is 11.5 Å². The minimum absolute atomic E-state index is 0.168. The topological polar surface area (TPSA) is 67.9 Å². The van der Waals surface area contributed by atoms with Crippen molar-refractivity contribution in [3.63, 3.8) is 0 Å². The summed E-state index contributed by atoms with van der Waals surface area (Å²) in [5, 5.41) is 2.96. The fraction of sp³-hybridized carbons (Fsp3) is 0.333. The van der Waals surface area contributed by atoms with E-state index in [2.05, 4.69) is 5.32 Å². The van der Waals surface area contributed by atoms with Crippen molar-refractivity contribution in [2.45, 2.75) is 25.9 Å². The van der Waals surface area contributed by atoms with Gasteiger partial charge in [0.1, 0.15) is 13.2 Å². The highest BCUT2D eigenvalue weighted by Gasteiger charge is 2.21. The molecule has 2 aromatic rings. The number of nitrogens with zero attached hydrogens (tertiary/aromatic N) is 1. The van der Waals surface area contributed by atoms with E-state index in [4.69, 9.17) is 9.47 Å². The molecular weight excluding hydrogens is 344 g/mol. The first-order chi connectivity index (χ1) is 13.2. The first kappa shape index (κ1) is 17.4. The van der Waals surface area contributed by atoms with Crippen LogP contribution >= 0.6 is 0 Å². The molecule has 0 saturated carbocycles. The Bertz CT molecular complexity index is 865. The van der Waals surface area contributed by atoms with E-state index in [0.717, 1.165) is 24.1 Å². The first-order valence-corrected chi connectivity index (χ1v) is 9.23. The molecule has 1 saturated heterocycles. The average Bonchev–Trinajstić information content (AvgIpc) is 3.11. The van der Waals surface area contributed by atoms with Crippen molar-refractivity contribution in [1.29, 1.82) is 0 Å². The smallest absolute Gasteiger partial charge is 0.251 e. The molecule has 1 fully saturated rings.